The zero-order chi connectivity index (χ0) is 18.6. The number of non-ortho nitro benzene ring substituents is 1. The van der Waals surface area contributed by atoms with Crippen molar-refractivity contribution >= 4 is 23.5 Å². The summed E-state index contributed by atoms with van der Waals surface area (Å²) in [6.45, 7) is 3.61. The van der Waals surface area contributed by atoms with Crippen LogP contribution in [0.2, 0.25) is 0 Å². The number of imide groups is 1. The fourth-order valence-corrected chi connectivity index (χ4v) is 2.56. The highest BCUT2D eigenvalue weighted by Gasteiger charge is 2.49. The number of hydrogen-bond acceptors (Lipinski definition) is 5. The minimum atomic E-state index is -1.37. The lowest BCUT2D eigenvalue weighted by atomic mass is 9.92. The molecular weight excluding hydrogens is 328 g/mol. The van der Waals surface area contributed by atoms with Crippen molar-refractivity contribution < 1.29 is 19.3 Å². The van der Waals surface area contributed by atoms with Crippen molar-refractivity contribution in [1.29, 1.82) is 0 Å². The summed E-state index contributed by atoms with van der Waals surface area (Å²) in [5, 5.41) is 15.9. The van der Waals surface area contributed by atoms with Gasteiger partial charge in [0.15, 0.2) is 0 Å². The summed E-state index contributed by atoms with van der Waals surface area (Å²) in [6, 6.07) is 4.69. The Bertz CT molecular complexity index is 703. The van der Waals surface area contributed by atoms with Crippen LogP contribution in [0.3, 0.4) is 0 Å². The van der Waals surface area contributed by atoms with Crippen LogP contribution in [0.15, 0.2) is 24.3 Å². The zero-order valence-electron chi connectivity index (χ0n) is 14.1. The van der Waals surface area contributed by atoms with E-state index in [2.05, 4.69) is 10.6 Å². The van der Waals surface area contributed by atoms with Crippen molar-refractivity contribution in [2.45, 2.75) is 32.2 Å². The molecule has 0 aromatic heterocycles. The Morgan fingerprint density at radius 1 is 1.32 bits per heavy atom. The molecule has 0 spiro atoms. The maximum Gasteiger partial charge on any atom is 0.325 e. The maximum absolute atomic E-state index is 12.7. The summed E-state index contributed by atoms with van der Waals surface area (Å²) in [5.74, 6) is -0.984. The maximum atomic E-state index is 12.7. The third-order valence-corrected chi connectivity index (χ3v) is 4.08. The van der Waals surface area contributed by atoms with E-state index in [1.165, 1.54) is 31.2 Å². The normalized spacial score (nSPS) is 19.7. The molecule has 1 heterocycles. The van der Waals surface area contributed by atoms with Gasteiger partial charge in [-0.3, -0.25) is 24.6 Å². The molecule has 0 radical (unpaired) electrons. The van der Waals surface area contributed by atoms with Gasteiger partial charge in [0.2, 0.25) is 5.91 Å². The largest absolute Gasteiger partial charge is 0.355 e. The van der Waals surface area contributed by atoms with Crippen molar-refractivity contribution in [1.82, 2.24) is 15.5 Å². The third-order valence-electron chi connectivity index (χ3n) is 4.08. The van der Waals surface area contributed by atoms with E-state index in [4.69, 9.17) is 0 Å². The monoisotopic (exact) mass is 348 g/mol. The highest BCUT2D eigenvalue weighted by molar-refractivity contribution is 6.09. The number of benzene rings is 1. The van der Waals surface area contributed by atoms with Gasteiger partial charge in [0.25, 0.3) is 11.6 Å². The summed E-state index contributed by atoms with van der Waals surface area (Å²) in [6.07, 6.45) is 1.73. The number of rotatable bonds is 7. The van der Waals surface area contributed by atoms with Crippen molar-refractivity contribution in [3.05, 3.63) is 39.9 Å². The Labute approximate surface area is 144 Å². The Morgan fingerprint density at radius 2 is 1.96 bits per heavy atom. The van der Waals surface area contributed by atoms with Crippen LogP contribution < -0.4 is 10.6 Å². The molecule has 0 saturated carbocycles. The summed E-state index contributed by atoms with van der Waals surface area (Å²) >= 11 is 0. The van der Waals surface area contributed by atoms with E-state index in [9.17, 15) is 24.5 Å². The van der Waals surface area contributed by atoms with E-state index in [-0.39, 0.29) is 12.2 Å². The van der Waals surface area contributed by atoms with Gasteiger partial charge in [-0.2, -0.15) is 0 Å². The zero-order valence-corrected chi connectivity index (χ0v) is 14.1. The highest BCUT2D eigenvalue weighted by atomic mass is 16.6. The summed E-state index contributed by atoms with van der Waals surface area (Å²) in [7, 11) is 0. The Kier molecular flexibility index (Phi) is 5.35. The average molecular weight is 348 g/mol. The Balaban J connectivity index is 2.13. The molecule has 2 rings (SSSR count). The van der Waals surface area contributed by atoms with Gasteiger partial charge in [0.05, 0.1) is 4.92 Å². The number of unbranched alkanes of at least 4 members (excludes halogenated alkanes) is 1. The van der Waals surface area contributed by atoms with Crippen molar-refractivity contribution in [2.75, 3.05) is 13.1 Å². The lowest BCUT2D eigenvalue weighted by Crippen LogP contribution is -2.43. The van der Waals surface area contributed by atoms with E-state index in [1.54, 1.807) is 0 Å². The molecule has 9 heteroatoms. The average Bonchev–Trinajstić information content (AvgIpc) is 2.79. The molecule has 1 aliphatic heterocycles. The van der Waals surface area contributed by atoms with Gasteiger partial charge in [0, 0.05) is 18.7 Å². The molecule has 1 saturated heterocycles. The predicted molar refractivity (Wildman–Crippen MR) is 88.6 cm³/mol. The second kappa shape index (κ2) is 7.29. The van der Waals surface area contributed by atoms with Crippen LogP contribution in [0.4, 0.5) is 10.5 Å². The van der Waals surface area contributed by atoms with Crippen LogP contribution in [0.25, 0.3) is 0 Å². The summed E-state index contributed by atoms with van der Waals surface area (Å²) in [5.41, 5.74) is -1.07. The van der Waals surface area contributed by atoms with E-state index in [0.29, 0.717) is 12.1 Å². The van der Waals surface area contributed by atoms with E-state index >= 15 is 0 Å². The van der Waals surface area contributed by atoms with E-state index in [1.807, 2.05) is 6.92 Å². The first kappa shape index (κ1) is 18.4. The molecule has 0 aliphatic carbocycles. The fraction of sp³-hybridized carbons (Fsp3) is 0.438. The molecule has 134 valence electrons. The molecule has 25 heavy (non-hydrogen) atoms. The minimum Gasteiger partial charge on any atom is -0.355 e. The van der Waals surface area contributed by atoms with Gasteiger partial charge in [-0.1, -0.05) is 13.3 Å². The summed E-state index contributed by atoms with van der Waals surface area (Å²) in [4.78, 5) is 47.7. The number of nitro benzene ring substituents is 1. The van der Waals surface area contributed by atoms with Gasteiger partial charge < -0.3 is 10.6 Å². The third kappa shape index (κ3) is 3.76. The van der Waals surface area contributed by atoms with Gasteiger partial charge in [-0.05, 0) is 31.0 Å². The van der Waals surface area contributed by atoms with E-state index in [0.717, 1.165) is 17.7 Å². The second-order valence-electron chi connectivity index (χ2n) is 5.95. The minimum absolute atomic E-state index is 0.115. The first-order valence-electron chi connectivity index (χ1n) is 7.95. The van der Waals surface area contributed by atoms with Crippen LogP contribution in [-0.2, 0) is 15.1 Å². The van der Waals surface area contributed by atoms with Crippen LogP contribution >= 0.6 is 0 Å². The first-order valence-corrected chi connectivity index (χ1v) is 7.95. The van der Waals surface area contributed by atoms with Crippen molar-refractivity contribution in [2.24, 2.45) is 0 Å². The number of hydrogen-bond donors (Lipinski definition) is 2. The van der Waals surface area contributed by atoms with Gasteiger partial charge >= 0.3 is 6.03 Å². The van der Waals surface area contributed by atoms with Gasteiger partial charge in [-0.15, -0.1) is 0 Å². The van der Waals surface area contributed by atoms with Crippen molar-refractivity contribution in [3.63, 3.8) is 0 Å². The SMILES string of the molecule is CCCCNC(=O)CN1C(=O)N[C@@](C)(c2ccc([N+](=O)[O-])cc2)C1=O. The molecule has 1 aromatic carbocycles. The smallest absolute Gasteiger partial charge is 0.325 e. The molecule has 1 atom stereocenters. The number of urea groups is 1. The molecule has 4 amide bonds. The fourth-order valence-electron chi connectivity index (χ4n) is 2.56. The Hall–Kier alpha value is -2.97. The lowest BCUT2D eigenvalue weighted by molar-refractivity contribution is -0.384. The van der Waals surface area contributed by atoms with Gasteiger partial charge in [0.1, 0.15) is 12.1 Å². The Morgan fingerprint density at radius 3 is 2.52 bits per heavy atom. The first-order chi connectivity index (χ1) is 11.8. The highest BCUT2D eigenvalue weighted by Crippen LogP contribution is 2.29. The topological polar surface area (TPSA) is 122 Å². The summed E-state index contributed by atoms with van der Waals surface area (Å²) < 4.78 is 0. The second-order valence-corrected chi connectivity index (χ2v) is 5.95. The van der Waals surface area contributed by atoms with Gasteiger partial charge in [-0.25, -0.2) is 4.79 Å². The lowest BCUT2D eigenvalue weighted by Gasteiger charge is -2.22. The molecule has 1 aliphatic rings. The van der Waals surface area contributed by atoms with Crippen LogP contribution in [0, 0.1) is 10.1 Å². The quantitative estimate of drug-likeness (QED) is 0.333. The number of carbonyl (C=O) groups is 3. The molecule has 0 unspecified atom stereocenters. The molecule has 9 nitrogen and oxygen atoms in total. The number of carbonyl (C=O) groups excluding carboxylic acids is 3. The number of nitrogens with zero attached hydrogens (tertiary/aromatic N) is 2. The number of amides is 4. The number of nitrogens with one attached hydrogen (secondary N) is 2. The molecule has 1 fully saturated rings. The van der Waals surface area contributed by atoms with E-state index < -0.39 is 28.3 Å². The molecular formula is C16H20N4O5. The standard InChI is InChI=1S/C16H20N4O5/c1-3-4-9-17-13(21)10-19-14(22)16(2,18-15(19)23)11-5-7-12(8-6-11)20(24)25/h5-8H,3-4,9-10H2,1-2H3,(H,17,21)(H,18,23)/t16-/m0/s1. The predicted octanol–water partition coefficient (Wildman–Crippen LogP) is 1.28. The number of nitro groups is 1. The van der Waals surface area contributed by atoms with Crippen LogP contribution in [0.5, 0.6) is 0 Å². The van der Waals surface area contributed by atoms with Crippen LogP contribution in [-0.4, -0.2) is 40.8 Å². The van der Waals surface area contributed by atoms with Crippen LogP contribution in [0.1, 0.15) is 32.3 Å². The molecule has 2 N–H and O–H groups in total. The molecule has 0 bridgehead atoms. The molecule has 1 aromatic rings. The van der Waals surface area contributed by atoms with Crippen molar-refractivity contribution in [3.8, 4) is 0 Å².